The Morgan fingerprint density at radius 3 is 2.71 bits per heavy atom. The third-order valence-electron chi connectivity index (χ3n) is 3.95. The van der Waals surface area contributed by atoms with Gasteiger partial charge in [-0.3, -0.25) is 4.90 Å². The fourth-order valence-electron chi connectivity index (χ4n) is 2.79. The Morgan fingerprint density at radius 2 is 1.96 bits per heavy atom. The van der Waals surface area contributed by atoms with Crippen molar-refractivity contribution in [2.24, 2.45) is 0 Å². The lowest BCUT2D eigenvalue weighted by Gasteiger charge is -2.21. The molecule has 3 rings (SSSR count). The number of hydrogen-bond acceptors (Lipinski definition) is 5. The highest BCUT2D eigenvalue weighted by molar-refractivity contribution is 7.11. The van der Waals surface area contributed by atoms with Gasteiger partial charge in [-0.15, -0.1) is 11.3 Å². The summed E-state index contributed by atoms with van der Waals surface area (Å²) in [4.78, 5) is 9.53. The van der Waals surface area contributed by atoms with E-state index in [1.165, 1.54) is 9.75 Å². The average molecular weight is 342 g/mol. The van der Waals surface area contributed by atoms with Gasteiger partial charge >= 0.3 is 0 Å². The van der Waals surface area contributed by atoms with Gasteiger partial charge < -0.3 is 10.2 Å². The second-order valence-corrected chi connectivity index (χ2v) is 7.32. The van der Waals surface area contributed by atoms with Crippen molar-refractivity contribution in [3.8, 4) is 5.75 Å². The monoisotopic (exact) mass is 342 g/mol. The van der Waals surface area contributed by atoms with Crippen LogP contribution in [-0.2, 0) is 13.1 Å². The number of para-hydroxylation sites is 1. The molecule has 0 fully saturated rings. The zero-order valence-corrected chi connectivity index (χ0v) is 14.6. The third-order valence-corrected chi connectivity index (χ3v) is 4.94. The summed E-state index contributed by atoms with van der Waals surface area (Å²) in [5.74, 6) is 0.213. The molecule has 5 heteroatoms. The summed E-state index contributed by atoms with van der Waals surface area (Å²) in [7, 11) is 0. The first-order valence-electron chi connectivity index (χ1n) is 8.12. The fraction of sp³-hybridized carbons (Fsp3) is 0.316. The molecule has 0 saturated carbocycles. The SMILES string of the molecule is Cc1ccc(CN(CCCO)Cc2ccc3cccc(O)c3n2)s1. The van der Waals surface area contributed by atoms with E-state index in [0.717, 1.165) is 30.6 Å². The minimum atomic E-state index is 0.186. The number of rotatable bonds is 7. The molecule has 3 aromatic rings. The molecule has 0 bridgehead atoms. The number of aromatic hydroxyl groups is 1. The third kappa shape index (κ3) is 4.12. The average Bonchev–Trinajstić information content (AvgIpc) is 2.98. The molecule has 1 aromatic carbocycles. The highest BCUT2D eigenvalue weighted by Gasteiger charge is 2.10. The van der Waals surface area contributed by atoms with Gasteiger partial charge in [0.15, 0.2) is 0 Å². The molecule has 0 amide bonds. The van der Waals surface area contributed by atoms with Gasteiger partial charge in [-0.25, -0.2) is 4.98 Å². The molecule has 0 spiro atoms. The van der Waals surface area contributed by atoms with Crippen LogP contribution in [0.4, 0.5) is 0 Å². The van der Waals surface area contributed by atoms with E-state index in [0.29, 0.717) is 12.1 Å². The summed E-state index contributed by atoms with van der Waals surface area (Å²) < 4.78 is 0. The molecule has 126 valence electrons. The second-order valence-electron chi connectivity index (χ2n) is 5.95. The topological polar surface area (TPSA) is 56.6 Å². The number of thiophene rings is 1. The number of aliphatic hydroxyl groups is 1. The van der Waals surface area contributed by atoms with Gasteiger partial charge in [0.05, 0.1) is 5.69 Å². The Morgan fingerprint density at radius 1 is 1.08 bits per heavy atom. The van der Waals surface area contributed by atoms with Crippen LogP contribution in [-0.4, -0.2) is 33.2 Å². The minimum absolute atomic E-state index is 0.186. The maximum atomic E-state index is 10.0. The molecular formula is C19H22N2O2S. The quantitative estimate of drug-likeness (QED) is 0.687. The van der Waals surface area contributed by atoms with Crippen molar-refractivity contribution in [2.45, 2.75) is 26.4 Å². The van der Waals surface area contributed by atoms with E-state index in [2.05, 4.69) is 28.9 Å². The van der Waals surface area contributed by atoms with Gasteiger partial charge in [0.25, 0.3) is 0 Å². The number of nitrogens with zero attached hydrogens (tertiary/aromatic N) is 2. The molecule has 0 radical (unpaired) electrons. The van der Waals surface area contributed by atoms with E-state index in [9.17, 15) is 5.11 Å². The van der Waals surface area contributed by atoms with Crippen LogP contribution in [0.15, 0.2) is 42.5 Å². The van der Waals surface area contributed by atoms with Gasteiger partial charge in [-0.1, -0.05) is 18.2 Å². The maximum Gasteiger partial charge on any atom is 0.141 e. The van der Waals surface area contributed by atoms with Crippen LogP contribution in [0, 0.1) is 6.92 Å². The van der Waals surface area contributed by atoms with Crippen LogP contribution in [0.2, 0.25) is 0 Å². The van der Waals surface area contributed by atoms with E-state index in [1.807, 2.05) is 24.3 Å². The highest BCUT2D eigenvalue weighted by Crippen LogP contribution is 2.23. The Hall–Kier alpha value is -1.95. The lowest BCUT2D eigenvalue weighted by molar-refractivity contribution is 0.212. The maximum absolute atomic E-state index is 10.0. The Kier molecular flexibility index (Phi) is 5.45. The first-order chi connectivity index (χ1) is 11.7. The number of pyridine rings is 1. The van der Waals surface area contributed by atoms with E-state index in [-0.39, 0.29) is 12.4 Å². The summed E-state index contributed by atoms with van der Waals surface area (Å²) in [6.45, 7) is 4.65. The summed E-state index contributed by atoms with van der Waals surface area (Å²) in [5, 5.41) is 20.1. The summed E-state index contributed by atoms with van der Waals surface area (Å²) in [6, 6.07) is 13.7. The normalized spacial score (nSPS) is 11.5. The van der Waals surface area contributed by atoms with Crippen LogP contribution in [0.3, 0.4) is 0 Å². The van der Waals surface area contributed by atoms with Crippen LogP contribution in [0.25, 0.3) is 10.9 Å². The minimum Gasteiger partial charge on any atom is -0.506 e. The smallest absolute Gasteiger partial charge is 0.141 e. The van der Waals surface area contributed by atoms with Gasteiger partial charge in [-0.2, -0.15) is 0 Å². The highest BCUT2D eigenvalue weighted by atomic mass is 32.1. The van der Waals surface area contributed by atoms with Crippen molar-refractivity contribution in [1.82, 2.24) is 9.88 Å². The number of aryl methyl sites for hydroxylation is 1. The number of fused-ring (bicyclic) bond motifs is 1. The molecule has 0 aliphatic heterocycles. The number of aromatic nitrogens is 1. The van der Waals surface area contributed by atoms with Crippen LogP contribution >= 0.6 is 11.3 Å². The number of benzene rings is 1. The zero-order valence-electron chi connectivity index (χ0n) is 13.8. The molecule has 4 nitrogen and oxygen atoms in total. The molecular weight excluding hydrogens is 320 g/mol. The van der Waals surface area contributed by atoms with Gasteiger partial charge in [0.2, 0.25) is 0 Å². The standard InChI is InChI=1S/C19H22N2O2S/c1-14-6-9-17(24-14)13-21(10-3-11-22)12-16-8-7-15-4-2-5-18(23)19(15)20-16/h2,4-9,22-23H,3,10-13H2,1H3. The Labute approximate surface area is 146 Å². The number of aliphatic hydroxyl groups excluding tert-OH is 1. The molecule has 24 heavy (non-hydrogen) atoms. The van der Waals surface area contributed by atoms with Gasteiger partial charge in [0, 0.05) is 41.4 Å². The first-order valence-corrected chi connectivity index (χ1v) is 8.93. The van der Waals surface area contributed by atoms with Crippen molar-refractivity contribution < 1.29 is 10.2 Å². The molecule has 0 saturated heterocycles. The van der Waals surface area contributed by atoms with Crippen LogP contribution in [0.1, 0.15) is 21.9 Å². The van der Waals surface area contributed by atoms with Crippen molar-refractivity contribution in [2.75, 3.05) is 13.2 Å². The van der Waals surface area contributed by atoms with E-state index in [4.69, 9.17) is 5.11 Å². The lowest BCUT2D eigenvalue weighted by Crippen LogP contribution is -2.24. The van der Waals surface area contributed by atoms with Crippen molar-refractivity contribution in [3.05, 3.63) is 57.9 Å². The first kappa shape index (κ1) is 16.9. The number of hydrogen-bond donors (Lipinski definition) is 2. The summed E-state index contributed by atoms with van der Waals surface area (Å²) in [6.07, 6.45) is 0.739. The number of phenols is 1. The zero-order chi connectivity index (χ0) is 16.9. The van der Waals surface area contributed by atoms with Gasteiger partial charge in [-0.05, 0) is 37.6 Å². The molecule has 0 aliphatic carbocycles. The number of phenolic OH excluding ortho intramolecular Hbond substituents is 1. The predicted molar refractivity (Wildman–Crippen MR) is 98.3 cm³/mol. The Balaban J connectivity index is 1.79. The van der Waals surface area contributed by atoms with E-state index >= 15 is 0 Å². The fourth-order valence-corrected chi connectivity index (χ4v) is 3.72. The van der Waals surface area contributed by atoms with Crippen molar-refractivity contribution >= 4 is 22.2 Å². The molecule has 2 N–H and O–H groups in total. The van der Waals surface area contributed by atoms with E-state index < -0.39 is 0 Å². The van der Waals surface area contributed by atoms with Crippen molar-refractivity contribution in [1.29, 1.82) is 0 Å². The summed E-state index contributed by atoms with van der Waals surface area (Å²) >= 11 is 1.80. The van der Waals surface area contributed by atoms with Crippen LogP contribution < -0.4 is 0 Å². The van der Waals surface area contributed by atoms with Gasteiger partial charge in [0.1, 0.15) is 11.3 Å². The second kappa shape index (κ2) is 7.75. The lowest BCUT2D eigenvalue weighted by atomic mass is 10.2. The molecule has 0 atom stereocenters. The largest absolute Gasteiger partial charge is 0.506 e. The Bertz CT molecular complexity index is 816. The molecule has 2 aromatic heterocycles. The van der Waals surface area contributed by atoms with Crippen molar-refractivity contribution in [3.63, 3.8) is 0 Å². The molecule has 0 unspecified atom stereocenters. The van der Waals surface area contributed by atoms with E-state index in [1.54, 1.807) is 17.4 Å². The molecule has 0 aliphatic rings. The summed E-state index contributed by atoms with van der Waals surface area (Å²) in [5.41, 5.74) is 1.57. The molecule has 2 heterocycles. The van der Waals surface area contributed by atoms with Crippen LogP contribution in [0.5, 0.6) is 5.75 Å². The predicted octanol–water partition coefficient (Wildman–Crippen LogP) is 3.69.